The molecule has 0 aliphatic heterocycles. The summed E-state index contributed by atoms with van der Waals surface area (Å²) in [5, 5.41) is 13.7. The summed E-state index contributed by atoms with van der Waals surface area (Å²) >= 11 is 0. The summed E-state index contributed by atoms with van der Waals surface area (Å²) in [5.74, 6) is 0.129. The smallest absolute Gasteiger partial charge is 0.147 e. The van der Waals surface area contributed by atoms with Crippen LogP contribution in [0.15, 0.2) is 55.6 Å². The third-order valence-electron chi connectivity index (χ3n) is 5.02. The number of nitrogens with one attached hydrogen (secondary N) is 1. The van der Waals surface area contributed by atoms with Crippen molar-refractivity contribution < 1.29 is 9.50 Å². The van der Waals surface area contributed by atoms with Crippen LogP contribution in [-0.2, 0) is 13.1 Å². The summed E-state index contributed by atoms with van der Waals surface area (Å²) in [6.07, 6.45) is 11.7. The molecule has 0 amide bonds. The second-order valence-corrected chi connectivity index (χ2v) is 6.91. The molecular formula is C19H22FN5O. The zero-order valence-electron chi connectivity index (χ0n) is 14.4. The molecule has 0 saturated heterocycles. The van der Waals surface area contributed by atoms with Crippen molar-refractivity contribution in [3.63, 3.8) is 0 Å². The molecule has 136 valence electrons. The van der Waals surface area contributed by atoms with Crippen LogP contribution in [-0.4, -0.2) is 36.4 Å². The third kappa shape index (κ3) is 3.68. The highest BCUT2D eigenvalue weighted by Crippen LogP contribution is 2.28. The topological polar surface area (TPSA) is 67.9 Å². The van der Waals surface area contributed by atoms with Crippen LogP contribution in [0.25, 0.3) is 5.69 Å². The van der Waals surface area contributed by atoms with E-state index in [1.165, 1.54) is 6.07 Å². The zero-order chi connectivity index (χ0) is 17.9. The van der Waals surface area contributed by atoms with E-state index in [2.05, 4.69) is 15.3 Å². The van der Waals surface area contributed by atoms with Crippen LogP contribution in [0.3, 0.4) is 0 Å². The van der Waals surface area contributed by atoms with Crippen molar-refractivity contribution >= 4 is 0 Å². The van der Waals surface area contributed by atoms with E-state index >= 15 is 0 Å². The van der Waals surface area contributed by atoms with Gasteiger partial charge in [0.2, 0.25) is 0 Å². The average molecular weight is 355 g/mol. The van der Waals surface area contributed by atoms with Crippen LogP contribution in [0.5, 0.6) is 0 Å². The number of imidazole rings is 2. The van der Waals surface area contributed by atoms with E-state index in [1.54, 1.807) is 41.9 Å². The van der Waals surface area contributed by atoms with E-state index < -0.39 is 0 Å². The largest absolute Gasteiger partial charge is 0.391 e. The quantitative estimate of drug-likeness (QED) is 0.711. The lowest BCUT2D eigenvalue weighted by atomic mass is 10.1. The monoisotopic (exact) mass is 355 g/mol. The number of hydrogen-bond donors (Lipinski definition) is 2. The Kier molecular flexibility index (Phi) is 4.81. The first-order valence-electron chi connectivity index (χ1n) is 8.83. The molecule has 4 rings (SSSR count). The van der Waals surface area contributed by atoms with Gasteiger partial charge >= 0.3 is 0 Å². The number of nitrogens with zero attached hydrogens (tertiary/aromatic N) is 4. The Hall–Kier alpha value is -2.51. The maximum absolute atomic E-state index is 14.3. The molecule has 1 unspecified atom stereocenters. The second-order valence-electron chi connectivity index (χ2n) is 6.91. The summed E-state index contributed by atoms with van der Waals surface area (Å²) in [5.41, 5.74) is 1.34. The molecule has 1 fully saturated rings. The number of aromatic nitrogens is 4. The van der Waals surface area contributed by atoms with E-state index in [0.29, 0.717) is 18.2 Å². The molecule has 26 heavy (non-hydrogen) atoms. The molecule has 1 aliphatic rings. The molecule has 0 radical (unpaired) electrons. The van der Waals surface area contributed by atoms with Gasteiger partial charge in [-0.2, -0.15) is 0 Å². The first kappa shape index (κ1) is 16.9. The Labute approximate surface area is 151 Å². The molecule has 0 bridgehead atoms. The Morgan fingerprint density at radius 3 is 2.73 bits per heavy atom. The van der Waals surface area contributed by atoms with Gasteiger partial charge in [0.1, 0.15) is 5.82 Å². The minimum absolute atomic E-state index is 0.0277. The van der Waals surface area contributed by atoms with Gasteiger partial charge in [0.25, 0.3) is 0 Å². The lowest BCUT2D eigenvalue weighted by molar-refractivity contribution is 0.145. The van der Waals surface area contributed by atoms with Gasteiger partial charge in [-0.25, -0.2) is 14.4 Å². The van der Waals surface area contributed by atoms with E-state index in [9.17, 15) is 9.50 Å². The van der Waals surface area contributed by atoms with E-state index in [-0.39, 0.29) is 18.0 Å². The van der Waals surface area contributed by atoms with Crippen molar-refractivity contribution in [2.75, 3.05) is 0 Å². The zero-order valence-corrected chi connectivity index (χ0v) is 14.4. The van der Waals surface area contributed by atoms with Crippen LogP contribution >= 0.6 is 0 Å². The van der Waals surface area contributed by atoms with Crippen molar-refractivity contribution in [3.8, 4) is 5.69 Å². The number of aliphatic hydroxyl groups excluding tert-OH is 1. The number of hydrogen-bond acceptors (Lipinski definition) is 4. The molecule has 1 saturated carbocycles. The fourth-order valence-corrected chi connectivity index (χ4v) is 3.70. The van der Waals surface area contributed by atoms with Crippen LogP contribution in [0.4, 0.5) is 4.39 Å². The molecule has 1 aliphatic carbocycles. The summed E-state index contributed by atoms with van der Waals surface area (Å²) in [6, 6.07) is 5.21. The number of rotatable bonds is 6. The van der Waals surface area contributed by atoms with Gasteiger partial charge in [0.15, 0.2) is 0 Å². The summed E-state index contributed by atoms with van der Waals surface area (Å²) in [6.45, 7) is 1.39. The minimum atomic E-state index is -0.376. The number of halogens is 1. The average Bonchev–Trinajstić information content (AvgIpc) is 3.36. The molecule has 2 N–H and O–H groups in total. The summed E-state index contributed by atoms with van der Waals surface area (Å²) in [7, 11) is 0. The molecule has 2 heterocycles. The fraction of sp³-hybridized carbons (Fsp3) is 0.368. The Bertz CT molecular complexity index is 834. The lowest BCUT2D eigenvalue weighted by Gasteiger charge is -2.17. The van der Waals surface area contributed by atoms with Crippen LogP contribution in [0.1, 0.15) is 18.4 Å². The van der Waals surface area contributed by atoms with E-state index in [4.69, 9.17) is 0 Å². The molecule has 0 spiro atoms. The van der Waals surface area contributed by atoms with Gasteiger partial charge in [0.05, 0.1) is 24.4 Å². The fourth-order valence-electron chi connectivity index (χ4n) is 3.70. The highest BCUT2D eigenvalue weighted by molar-refractivity contribution is 5.36. The molecule has 1 aromatic carbocycles. The second kappa shape index (κ2) is 7.39. The summed E-state index contributed by atoms with van der Waals surface area (Å²) < 4.78 is 18.0. The van der Waals surface area contributed by atoms with Gasteiger partial charge in [-0.05, 0) is 36.5 Å². The van der Waals surface area contributed by atoms with E-state index in [1.807, 2.05) is 16.8 Å². The molecule has 7 heteroatoms. The van der Waals surface area contributed by atoms with Gasteiger partial charge in [-0.1, -0.05) is 6.07 Å². The predicted molar refractivity (Wildman–Crippen MR) is 95.1 cm³/mol. The predicted octanol–water partition coefficient (Wildman–Crippen LogP) is 2.14. The minimum Gasteiger partial charge on any atom is -0.391 e. The standard InChI is InChI=1S/C19H22FN5O/c20-16-7-14(1-2-18(16)25-6-4-22-13-25)10-23-17-8-15(9-19(17)26)11-24-5-3-21-12-24/h1-7,12-13,15,17,19,23,26H,8-11H2/t15?,17-,19-/m1/s1. The van der Waals surface area contributed by atoms with Gasteiger partial charge in [-0.3, -0.25) is 0 Å². The molecule has 6 nitrogen and oxygen atoms in total. The van der Waals surface area contributed by atoms with E-state index in [0.717, 1.165) is 24.9 Å². The SMILES string of the molecule is O[C@@H]1CC(Cn2ccnc2)C[C@H]1NCc1ccc(-n2ccnc2)c(F)c1. The lowest BCUT2D eigenvalue weighted by Crippen LogP contribution is -2.35. The third-order valence-corrected chi connectivity index (χ3v) is 5.02. The van der Waals surface area contributed by atoms with Crippen LogP contribution in [0, 0.1) is 11.7 Å². The normalized spacial score (nSPS) is 22.8. The first-order chi connectivity index (χ1) is 12.7. The maximum Gasteiger partial charge on any atom is 0.147 e. The maximum atomic E-state index is 14.3. The Balaban J connectivity index is 1.34. The van der Waals surface area contributed by atoms with Crippen molar-refractivity contribution in [2.24, 2.45) is 5.92 Å². The Morgan fingerprint density at radius 1 is 1.15 bits per heavy atom. The summed E-state index contributed by atoms with van der Waals surface area (Å²) in [4.78, 5) is 8.00. The van der Waals surface area contributed by atoms with Crippen LogP contribution in [0.2, 0.25) is 0 Å². The molecule has 3 aromatic rings. The number of benzene rings is 1. The van der Waals surface area contributed by atoms with Crippen molar-refractivity contribution in [2.45, 2.75) is 38.1 Å². The van der Waals surface area contributed by atoms with Crippen molar-refractivity contribution in [1.82, 2.24) is 24.4 Å². The molecule has 3 atom stereocenters. The highest BCUT2D eigenvalue weighted by Gasteiger charge is 2.32. The first-order valence-corrected chi connectivity index (χ1v) is 8.83. The van der Waals surface area contributed by atoms with Crippen molar-refractivity contribution in [1.29, 1.82) is 0 Å². The van der Waals surface area contributed by atoms with Crippen LogP contribution < -0.4 is 5.32 Å². The highest BCUT2D eigenvalue weighted by atomic mass is 19.1. The van der Waals surface area contributed by atoms with Gasteiger partial charge < -0.3 is 19.6 Å². The number of aliphatic hydroxyl groups is 1. The van der Waals surface area contributed by atoms with Gasteiger partial charge in [0, 0.05) is 43.9 Å². The molecular weight excluding hydrogens is 333 g/mol. The Morgan fingerprint density at radius 2 is 2.00 bits per heavy atom. The van der Waals surface area contributed by atoms with Gasteiger partial charge in [-0.15, -0.1) is 0 Å². The molecule has 2 aromatic heterocycles. The van der Waals surface area contributed by atoms with Crippen molar-refractivity contribution in [3.05, 3.63) is 67.0 Å².